The number of fused-ring (bicyclic) bond motifs is 4. The van der Waals surface area contributed by atoms with Crippen LogP contribution in [0.5, 0.6) is 0 Å². The number of carbonyl (C=O) groups excluding carboxylic acids is 1. The third-order valence-electron chi connectivity index (χ3n) is 4.83. The van der Waals surface area contributed by atoms with Crippen LogP contribution in [0.4, 0.5) is 0 Å². The molecule has 2 aromatic carbocycles. The van der Waals surface area contributed by atoms with Crippen LogP contribution < -0.4 is 5.32 Å². The first-order chi connectivity index (χ1) is 14.8. The molecule has 0 aliphatic rings. The molecule has 1 amide bonds. The molecule has 5 rings (SSSR count). The molecule has 0 spiro atoms. The van der Waals surface area contributed by atoms with Gasteiger partial charge < -0.3 is 5.32 Å². The summed E-state index contributed by atoms with van der Waals surface area (Å²) in [6.07, 6.45) is 2.39. The van der Waals surface area contributed by atoms with Crippen molar-refractivity contribution >= 4 is 60.3 Å². The van der Waals surface area contributed by atoms with Crippen molar-refractivity contribution < 1.29 is 4.79 Å². The SMILES string of the molecule is O=C(CSc1ncnc2c1sc1nc3ccccc3cc12)NCCc1ccccc1. The number of carbonyl (C=O) groups is 1. The van der Waals surface area contributed by atoms with E-state index >= 15 is 0 Å². The van der Waals surface area contributed by atoms with Crippen molar-refractivity contribution in [2.45, 2.75) is 11.4 Å². The second kappa shape index (κ2) is 8.38. The number of para-hydroxylation sites is 1. The molecule has 0 radical (unpaired) electrons. The number of nitrogens with zero attached hydrogens (tertiary/aromatic N) is 3. The summed E-state index contributed by atoms with van der Waals surface area (Å²) in [4.78, 5) is 26.9. The lowest BCUT2D eigenvalue weighted by Gasteiger charge is -2.05. The maximum Gasteiger partial charge on any atom is 0.230 e. The Balaban J connectivity index is 1.32. The zero-order valence-electron chi connectivity index (χ0n) is 16.0. The van der Waals surface area contributed by atoms with E-state index in [0.717, 1.165) is 42.8 Å². The molecule has 0 unspecified atom stereocenters. The van der Waals surface area contributed by atoms with Crippen LogP contribution in [0.2, 0.25) is 0 Å². The fraction of sp³-hybridized carbons (Fsp3) is 0.130. The number of benzene rings is 2. The van der Waals surface area contributed by atoms with E-state index in [1.54, 1.807) is 17.7 Å². The van der Waals surface area contributed by atoms with Gasteiger partial charge in [0.15, 0.2) is 0 Å². The first-order valence-corrected chi connectivity index (χ1v) is 11.4. The molecule has 0 bridgehead atoms. The summed E-state index contributed by atoms with van der Waals surface area (Å²) in [5.74, 6) is 0.331. The second-order valence-corrected chi connectivity index (χ2v) is 8.83. The maximum atomic E-state index is 12.3. The molecule has 5 nitrogen and oxygen atoms in total. The van der Waals surface area contributed by atoms with E-state index in [4.69, 9.17) is 4.98 Å². The molecule has 0 atom stereocenters. The Hall–Kier alpha value is -3.03. The lowest BCUT2D eigenvalue weighted by atomic mass is 10.1. The first kappa shape index (κ1) is 19.0. The van der Waals surface area contributed by atoms with Crippen molar-refractivity contribution in [2.75, 3.05) is 12.3 Å². The number of aromatic nitrogens is 3. The summed E-state index contributed by atoms with van der Waals surface area (Å²) in [7, 11) is 0. The molecule has 0 saturated heterocycles. The fourth-order valence-electron chi connectivity index (χ4n) is 3.36. The lowest BCUT2D eigenvalue weighted by Crippen LogP contribution is -2.27. The molecule has 1 N–H and O–H groups in total. The van der Waals surface area contributed by atoms with E-state index in [1.165, 1.54) is 17.3 Å². The number of rotatable bonds is 6. The minimum atomic E-state index is 0.00710. The van der Waals surface area contributed by atoms with Crippen LogP contribution in [0.1, 0.15) is 5.56 Å². The van der Waals surface area contributed by atoms with E-state index < -0.39 is 0 Å². The summed E-state index contributed by atoms with van der Waals surface area (Å²) in [6.45, 7) is 0.627. The van der Waals surface area contributed by atoms with E-state index in [-0.39, 0.29) is 5.91 Å². The Morgan fingerprint density at radius 2 is 1.87 bits per heavy atom. The summed E-state index contributed by atoms with van der Waals surface area (Å²) in [5.41, 5.74) is 3.08. The Labute approximate surface area is 181 Å². The highest BCUT2D eigenvalue weighted by Gasteiger charge is 2.14. The minimum Gasteiger partial charge on any atom is -0.355 e. The van der Waals surface area contributed by atoms with Gasteiger partial charge in [0.2, 0.25) is 5.91 Å². The highest BCUT2D eigenvalue weighted by molar-refractivity contribution is 8.00. The van der Waals surface area contributed by atoms with Gasteiger partial charge in [-0.25, -0.2) is 15.0 Å². The topological polar surface area (TPSA) is 67.8 Å². The van der Waals surface area contributed by atoms with Crippen molar-refractivity contribution in [3.63, 3.8) is 0 Å². The van der Waals surface area contributed by atoms with Crippen molar-refractivity contribution in [2.24, 2.45) is 0 Å². The molecule has 3 heterocycles. The molecule has 3 aromatic heterocycles. The Bertz CT molecular complexity index is 1350. The molecular formula is C23H18N4OS2. The van der Waals surface area contributed by atoms with Crippen LogP contribution in [0.25, 0.3) is 31.3 Å². The van der Waals surface area contributed by atoms with Crippen molar-refractivity contribution in [3.8, 4) is 0 Å². The monoisotopic (exact) mass is 430 g/mol. The number of hydrogen-bond acceptors (Lipinski definition) is 6. The van der Waals surface area contributed by atoms with Gasteiger partial charge >= 0.3 is 0 Å². The number of pyridine rings is 1. The molecule has 148 valence electrons. The van der Waals surface area contributed by atoms with E-state index in [0.29, 0.717) is 12.3 Å². The third-order valence-corrected chi connectivity index (χ3v) is 7.05. The molecular weight excluding hydrogens is 412 g/mol. The van der Waals surface area contributed by atoms with E-state index in [2.05, 4.69) is 39.6 Å². The van der Waals surface area contributed by atoms with Gasteiger partial charge in [0.05, 0.1) is 21.5 Å². The summed E-state index contributed by atoms with van der Waals surface area (Å²) >= 11 is 3.02. The van der Waals surface area contributed by atoms with E-state index in [1.807, 2.05) is 36.4 Å². The standard InChI is InChI=1S/C23H18N4OS2/c28-19(24-11-10-15-6-2-1-3-7-15)13-29-23-21-20(25-14-26-23)17-12-16-8-4-5-9-18(16)27-22(17)30-21/h1-9,12,14H,10-11,13H2,(H,24,28). The number of thioether (sulfide) groups is 1. The molecule has 0 saturated carbocycles. The minimum absolute atomic E-state index is 0.00710. The van der Waals surface area contributed by atoms with Gasteiger partial charge in [0, 0.05) is 17.3 Å². The van der Waals surface area contributed by atoms with Crippen LogP contribution in [-0.4, -0.2) is 33.2 Å². The summed E-state index contributed by atoms with van der Waals surface area (Å²) in [5, 5.41) is 5.94. The van der Waals surface area contributed by atoms with Crippen molar-refractivity contribution in [1.82, 2.24) is 20.3 Å². The average molecular weight is 431 g/mol. The average Bonchev–Trinajstić information content (AvgIpc) is 3.15. The largest absolute Gasteiger partial charge is 0.355 e. The van der Waals surface area contributed by atoms with Gasteiger partial charge in [-0.1, -0.05) is 60.3 Å². The smallest absolute Gasteiger partial charge is 0.230 e. The Kier molecular flexibility index (Phi) is 5.29. The van der Waals surface area contributed by atoms with Crippen LogP contribution in [-0.2, 0) is 11.2 Å². The quantitative estimate of drug-likeness (QED) is 0.308. The number of thiophene rings is 1. The Morgan fingerprint density at radius 3 is 2.77 bits per heavy atom. The van der Waals surface area contributed by atoms with Crippen LogP contribution in [0, 0.1) is 0 Å². The lowest BCUT2D eigenvalue weighted by molar-refractivity contribution is -0.118. The molecule has 0 aliphatic heterocycles. The molecule has 30 heavy (non-hydrogen) atoms. The van der Waals surface area contributed by atoms with Crippen LogP contribution in [0.3, 0.4) is 0 Å². The van der Waals surface area contributed by atoms with Gasteiger partial charge in [-0.05, 0) is 24.1 Å². The highest BCUT2D eigenvalue weighted by atomic mass is 32.2. The normalized spacial score (nSPS) is 11.3. The molecule has 5 aromatic rings. The zero-order chi connectivity index (χ0) is 20.3. The van der Waals surface area contributed by atoms with Gasteiger partial charge in [-0.3, -0.25) is 4.79 Å². The maximum absolute atomic E-state index is 12.3. The summed E-state index contributed by atoms with van der Waals surface area (Å²) < 4.78 is 0.984. The molecule has 7 heteroatoms. The first-order valence-electron chi connectivity index (χ1n) is 9.64. The summed E-state index contributed by atoms with van der Waals surface area (Å²) in [6, 6.07) is 20.4. The van der Waals surface area contributed by atoms with Gasteiger partial charge in [-0.2, -0.15) is 0 Å². The van der Waals surface area contributed by atoms with Crippen molar-refractivity contribution in [1.29, 1.82) is 0 Å². The number of amides is 1. The highest BCUT2D eigenvalue weighted by Crippen LogP contribution is 2.37. The van der Waals surface area contributed by atoms with Gasteiger partial charge in [0.1, 0.15) is 16.2 Å². The predicted octanol–water partition coefficient (Wildman–Crippen LogP) is 4.84. The second-order valence-electron chi connectivity index (χ2n) is 6.87. The fourth-order valence-corrected chi connectivity index (χ4v) is 5.39. The molecule has 0 aliphatic carbocycles. The predicted molar refractivity (Wildman–Crippen MR) is 124 cm³/mol. The van der Waals surface area contributed by atoms with Gasteiger partial charge in [-0.15, -0.1) is 11.3 Å². The van der Waals surface area contributed by atoms with Crippen LogP contribution in [0.15, 0.2) is 72.0 Å². The zero-order valence-corrected chi connectivity index (χ0v) is 17.7. The van der Waals surface area contributed by atoms with E-state index in [9.17, 15) is 4.79 Å². The third kappa shape index (κ3) is 3.86. The van der Waals surface area contributed by atoms with Crippen molar-refractivity contribution in [3.05, 3.63) is 72.6 Å². The van der Waals surface area contributed by atoms with Crippen LogP contribution >= 0.6 is 23.1 Å². The molecule has 0 fully saturated rings. The van der Waals surface area contributed by atoms with Gasteiger partial charge in [0.25, 0.3) is 0 Å². The Morgan fingerprint density at radius 1 is 1.03 bits per heavy atom. The number of nitrogens with one attached hydrogen (secondary N) is 1. The number of hydrogen-bond donors (Lipinski definition) is 1.